The molecule has 0 unspecified atom stereocenters. The number of nitrogens with zero attached hydrogens (tertiary/aromatic N) is 1. The van der Waals surface area contributed by atoms with E-state index in [9.17, 15) is 0 Å². The van der Waals surface area contributed by atoms with Crippen LogP contribution in [-0.2, 0) is 10.8 Å². The molecule has 0 aliphatic carbocycles. The van der Waals surface area contributed by atoms with Gasteiger partial charge in [-0.3, -0.25) is 0 Å². The molecule has 0 radical (unpaired) electrons. The van der Waals surface area contributed by atoms with E-state index in [4.69, 9.17) is 4.74 Å². The van der Waals surface area contributed by atoms with Gasteiger partial charge in [0.25, 0.3) is 0 Å². The molecule has 0 saturated heterocycles. The van der Waals surface area contributed by atoms with Crippen molar-refractivity contribution in [2.24, 2.45) is 0 Å². The minimum atomic E-state index is 0.000267. The molecule has 0 amide bonds. The maximum Gasteiger partial charge on any atom is 0.222 e. The standard InChI is InChI=1S/C19H25NO/c1-18(2,3)14-10-7-8-12-16(14)21-17-15(19(4,5)6)11-9-13-20-17/h7-13H,1-6H3. The molecular weight excluding hydrogens is 258 g/mol. The van der Waals surface area contributed by atoms with E-state index >= 15 is 0 Å². The highest BCUT2D eigenvalue weighted by Crippen LogP contribution is 2.36. The van der Waals surface area contributed by atoms with Gasteiger partial charge in [-0.1, -0.05) is 65.8 Å². The molecule has 0 spiro atoms. The maximum absolute atomic E-state index is 6.18. The number of pyridine rings is 1. The molecule has 1 heterocycles. The Labute approximate surface area is 128 Å². The highest BCUT2D eigenvalue weighted by molar-refractivity contribution is 5.42. The molecule has 2 heteroatoms. The van der Waals surface area contributed by atoms with E-state index < -0.39 is 0 Å². The van der Waals surface area contributed by atoms with E-state index in [1.807, 2.05) is 18.2 Å². The van der Waals surface area contributed by atoms with Gasteiger partial charge in [-0.15, -0.1) is 0 Å². The molecule has 112 valence electrons. The second-order valence-corrected chi connectivity index (χ2v) is 7.45. The Morgan fingerprint density at radius 2 is 1.33 bits per heavy atom. The number of para-hydroxylation sites is 1. The Kier molecular flexibility index (Phi) is 4.08. The van der Waals surface area contributed by atoms with Crippen LogP contribution in [0, 0.1) is 0 Å². The summed E-state index contributed by atoms with van der Waals surface area (Å²) in [5.41, 5.74) is 2.34. The van der Waals surface area contributed by atoms with Crippen LogP contribution in [0.25, 0.3) is 0 Å². The minimum Gasteiger partial charge on any atom is -0.438 e. The lowest BCUT2D eigenvalue weighted by Gasteiger charge is -2.25. The molecule has 2 rings (SSSR count). The van der Waals surface area contributed by atoms with Crippen molar-refractivity contribution in [3.05, 3.63) is 53.7 Å². The maximum atomic E-state index is 6.18. The van der Waals surface area contributed by atoms with Crippen LogP contribution >= 0.6 is 0 Å². The monoisotopic (exact) mass is 283 g/mol. The van der Waals surface area contributed by atoms with Crippen molar-refractivity contribution in [1.29, 1.82) is 0 Å². The molecule has 21 heavy (non-hydrogen) atoms. The van der Waals surface area contributed by atoms with Gasteiger partial charge in [-0.2, -0.15) is 0 Å². The molecular formula is C19H25NO. The van der Waals surface area contributed by atoms with E-state index in [1.54, 1.807) is 6.20 Å². The molecule has 0 saturated carbocycles. The van der Waals surface area contributed by atoms with Crippen molar-refractivity contribution in [3.63, 3.8) is 0 Å². The lowest BCUT2D eigenvalue weighted by atomic mass is 9.86. The number of hydrogen-bond acceptors (Lipinski definition) is 2. The van der Waals surface area contributed by atoms with E-state index in [-0.39, 0.29) is 10.8 Å². The van der Waals surface area contributed by atoms with E-state index in [0.717, 1.165) is 11.3 Å². The SMILES string of the molecule is CC(C)(C)c1ccccc1Oc1ncccc1C(C)(C)C. The first kappa shape index (κ1) is 15.6. The second kappa shape index (κ2) is 5.51. The second-order valence-electron chi connectivity index (χ2n) is 7.45. The number of aromatic nitrogens is 1. The van der Waals surface area contributed by atoms with Crippen molar-refractivity contribution in [3.8, 4) is 11.6 Å². The van der Waals surface area contributed by atoms with Crippen molar-refractivity contribution in [1.82, 2.24) is 4.98 Å². The van der Waals surface area contributed by atoms with Crippen molar-refractivity contribution >= 4 is 0 Å². The molecule has 0 fully saturated rings. The van der Waals surface area contributed by atoms with Gasteiger partial charge >= 0.3 is 0 Å². The van der Waals surface area contributed by atoms with Gasteiger partial charge in [0.1, 0.15) is 5.75 Å². The first-order valence-electron chi connectivity index (χ1n) is 7.42. The van der Waals surface area contributed by atoms with Gasteiger partial charge in [0.05, 0.1) is 0 Å². The first-order valence-corrected chi connectivity index (χ1v) is 7.42. The molecule has 0 atom stereocenters. The number of benzene rings is 1. The molecule has 2 nitrogen and oxygen atoms in total. The fourth-order valence-corrected chi connectivity index (χ4v) is 2.32. The molecule has 0 bridgehead atoms. The normalized spacial score (nSPS) is 12.3. The van der Waals surface area contributed by atoms with Crippen LogP contribution in [0.2, 0.25) is 0 Å². The molecule has 1 aromatic carbocycles. The average molecular weight is 283 g/mol. The summed E-state index contributed by atoms with van der Waals surface area (Å²) in [6.45, 7) is 13.1. The van der Waals surface area contributed by atoms with Crippen molar-refractivity contribution < 1.29 is 4.74 Å². The van der Waals surface area contributed by atoms with E-state index in [2.05, 4.69) is 64.7 Å². The zero-order valence-electron chi connectivity index (χ0n) is 13.9. The Bertz CT molecular complexity index is 562. The molecule has 2 aromatic rings. The molecule has 0 aliphatic rings. The zero-order valence-corrected chi connectivity index (χ0v) is 13.9. The Balaban J connectivity index is 2.45. The third-order valence-corrected chi connectivity index (χ3v) is 3.48. The quantitative estimate of drug-likeness (QED) is 0.729. The fourth-order valence-electron chi connectivity index (χ4n) is 2.32. The minimum absolute atomic E-state index is 0.000267. The van der Waals surface area contributed by atoms with Crippen LogP contribution < -0.4 is 4.74 Å². The summed E-state index contributed by atoms with van der Waals surface area (Å²) in [5, 5.41) is 0. The van der Waals surface area contributed by atoms with Crippen LogP contribution in [-0.4, -0.2) is 4.98 Å². The highest BCUT2D eigenvalue weighted by atomic mass is 16.5. The van der Waals surface area contributed by atoms with Crippen molar-refractivity contribution in [2.75, 3.05) is 0 Å². The Hall–Kier alpha value is -1.83. The first-order chi connectivity index (χ1) is 9.69. The number of hydrogen-bond donors (Lipinski definition) is 0. The van der Waals surface area contributed by atoms with Crippen LogP contribution in [0.3, 0.4) is 0 Å². The van der Waals surface area contributed by atoms with E-state index in [1.165, 1.54) is 5.56 Å². The topological polar surface area (TPSA) is 22.1 Å². The van der Waals surface area contributed by atoms with Gasteiger partial charge in [-0.25, -0.2) is 4.98 Å². The average Bonchev–Trinajstić information content (AvgIpc) is 2.37. The summed E-state index contributed by atoms with van der Waals surface area (Å²) >= 11 is 0. The van der Waals surface area contributed by atoms with E-state index in [0.29, 0.717) is 5.88 Å². The summed E-state index contributed by atoms with van der Waals surface area (Å²) in [5.74, 6) is 1.58. The summed E-state index contributed by atoms with van der Waals surface area (Å²) in [4.78, 5) is 4.44. The van der Waals surface area contributed by atoms with Gasteiger partial charge in [0.2, 0.25) is 5.88 Å². The van der Waals surface area contributed by atoms with Crippen molar-refractivity contribution in [2.45, 2.75) is 52.4 Å². The fraction of sp³-hybridized carbons (Fsp3) is 0.421. The van der Waals surface area contributed by atoms with Gasteiger partial charge in [0.15, 0.2) is 0 Å². The molecule has 1 aromatic heterocycles. The van der Waals surface area contributed by atoms with Crippen LogP contribution in [0.5, 0.6) is 11.6 Å². The summed E-state index contributed by atoms with van der Waals surface area (Å²) < 4.78 is 6.18. The third kappa shape index (κ3) is 3.63. The molecule has 0 aliphatic heterocycles. The Morgan fingerprint density at radius 1 is 0.762 bits per heavy atom. The number of ether oxygens (including phenoxy) is 1. The third-order valence-electron chi connectivity index (χ3n) is 3.48. The summed E-state index contributed by atoms with van der Waals surface area (Å²) in [6.07, 6.45) is 1.78. The largest absolute Gasteiger partial charge is 0.438 e. The Morgan fingerprint density at radius 3 is 1.95 bits per heavy atom. The van der Waals surface area contributed by atoms with Crippen LogP contribution in [0.4, 0.5) is 0 Å². The number of rotatable bonds is 2. The van der Waals surface area contributed by atoms with Crippen LogP contribution in [0.15, 0.2) is 42.6 Å². The predicted octanol–water partition coefficient (Wildman–Crippen LogP) is 5.47. The smallest absolute Gasteiger partial charge is 0.222 e. The lowest BCUT2D eigenvalue weighted by molar-refractivity contribution is 0.420. The lowest BCUT2D eigenvalue weighted by Crippen LogP contribution is -2.15. The van der Waals surface area contributed by atoms with Crippen LogP contribution in [0.1, 0.15) is 52.7 Å². The highest BCUT2D eigenvalue weighted by Gasteiger charge is 2.23. The zero-order chi connectivity index (χ0) is 15.7. The van der Waals surface area contributed by atoms with Gasteiger partial charge < -0.3 is 4.74 Å². The van der Waals surface area contributed by atoms with Gasteiger partial charge in [0, 0.05) is 17.3 Å². The van der Waals surface area contributed by atoms with Gasteiger partial charge in [-0.05, 0) is 23.0 Å². The summed E-state index contributed by atoms with van der Waals surface area (Å²) in [7, 11) is 0. The summed E-state index contributed by atoms with van der Waals surface area (Å²) in [6, 6.07) is 12.2. The predicted molar refractivity (Wildman–Crippen MR) is 88.2 cm³/mol. The molecule has 0 N–H and O–H groups in total.